The molecule has 1 rings (SSSR count). The molecule has 0 unspecified atom stereocenters. The Labute approximate surface area is 118 Å². The molecule has 112 valence electrons. The van der Waals surface area contributed by atoms with Crippen LogP contribution in [0.1, 0.15) is 46.5 Å². The van der Waals surface area contributed by atoms with Crippen molar-refractivity contribution in [1.82, 2.24) is 15.1 Å². The van der Waals surface area contributed by atoms with E-state index >= 15 is 0 Å². The number of hydrogen-bond donors (Lipinski definition) is 1. The van der Waals surface area contributed by atoms with Crippen LogP contribution in [0.2, 0.25) is 0 Å². The van der Waals surface area contributed by atoms with E-state index in [1.54, 1.807) is 0 Å². The molecule has 0 saturated carbocycles. The maximum Gasteiger partial charge on any atom is 0.236 e. The maximum atomic E-state index is 12.1. The van der Waals surface area contributed by atoms with E-state index in [-0.39, 0.29) is 5.91 Å². The highest BCUT2D eigenvalue weighted by Gasteiger charge is 2.22. The van der Waals surface area contributed by atoms with Gasteiger partial charge in [0.1, 0.15) is 0 Å². The molecular formula is C15H31N3O. The van der Waals surface area contributed by atoms with Gasteiger partial charge < -0.3 is 15.1 Å². The van der Waals surface area contributed by atoms with Crippen LogP contribution >= 0.6 is 0 Å². The Bertz CT molecular complexity index is 254. The third-order valence-electron chi connectivity index (χ3n) is 4.12. The molecule has 0 spiro atoms. The normalized spacial score (nSPS) is 20.0. The van der Waals surface area contributed by atoms with Crippen LogP contribution in [-0.4, -0.2) is 61.0 Å². The molecule has 4 heteroatoms. The smallest absolute Gasteiger partial charge is 0.236 e. The molecule has 0 bridgehead atoms. The van der Waals surface area contributed by atoms with Gasteiger partial charge in [0, 0.05) is 12.6 Å². The highest BCUT2D eigenvalue weighted by atomic mass is 16.2. The zero-order chi connectivity index (χ0) is 14.1. The molecule has 0 aromatic rings. The van der Waals surface area contributed by atoms with Crippen molar-refractivity contribution in [3.8, 4) is 0 Å². The summed E-state index contributed by atoms with van der Waals surface area (Å²) in [6.07, 6.45) is 4.71. The van der Waals surface area contributed by atoms with Crippen molar-refractivity contribution in [2.75, 3.05) is 39.3 Å². The van der Waals surface area contributed by atoms with E-state index in [0.717, 1.165) is 52.0 Å². The number of piperidine rings is 1. The van der Waals surface area contributed by atoms with Gasteiger partial charge in [0.25, 0.3) is 0 Å². The second-order valence-electron chi connectivity index (χ2n) is 5.49. The predicted molar refractivity (Wildman–Crippen MR) is 80.3 cm³/mol. The summed E-state index contributed by atoms with van der Waals surface area (Å²) in [7, 11) is 0. The Morgan fingerprint density at radius 1 is 1.32 bits per heavy atom. The summed E-state index contributed by atoms with van der Waals surface area (Å²) < 4.78 is 0. The van der Waals surface area contributed by atoms with Crippen LogP contribution in [0.5, 0.6) is 0 Å². The monoisotopic (exact) mass is 269 g/mol. The maximum absolute atomic E-state index is 12.1. The Hall–Kier alpha value is -0.610. The number of nitrogens with zero attached hydrogens (tertiary/aromatic N) is 2. The van der Waals surface area contributed by atoms with Crippen molar-refractivity contribution < 1.29 is 4.79 Å². The summed E-state index contributed by atoms with van der Waals surface area (Å²) in [5.74, 6) is 0.273. The Morgan fingerprint density at radius 3 is 2.68 bits per heavy atom. The summed E-state index contributed by atoms with van der Waals surface area (Å²) in [6, 6.07) is 0.429. The van der Waals surface area contributed by atoms with Crippen LogP contribution in [0.3, 0.4) is 0 Å². The van der Waals surface area contributed by atoms with Crippen LogP contribution in [-0.2, 0) is 4.79 Å². The summed E-state index contributed by atoms with van der Waals surface area (Å²) >= 11 is 0. The van der Waals surface area contributed by atoms with Crippen LogP contribution in [0.4, 0.5) is 0 Å². The third-order valence-corrected chi connectivity index (χ3v) is 4.12. The number of carbonyl (C=O) groups excluding carboxylic acids is 1. The molecule has 1 atom stereocenters. The van der Waals surface area contributed by atoms with Gasteiger partial charge in [-0.15, -0.1) is 0 Å². The minimum absolute atomic E-state index is 0.273. The van der Waals surface area contributed by atoms with Crippen molar-refractivity contribution in [3.05, 3.63) is 0 Å². The average molecular weight is 269 g/mol. The van der Waals surface area contributed by atoms with Crippen molar-refractivity contribution in [2.45, 2.75) is 52.5 Å². The number of carbonyl (C=O) groups is 1. The van der Waals surface area contributed by atoms with Crippen LogP contribution in [0.25, 0.3) is 0 Å². The quantitative estimate of drug-likeness (QED) is 0.681. The molecule has 19 heavy (non-hydrogen) atoms. The number of hydrogen-bond acceptors (Lipinski definition) is 3. The van der Waals surface area contributed by atoms with E-state index in [2.05, 4.69) is 31.0 Å². The molecule has 0 aromatic heterocycles. The summed E-state index contributed by atoms with van der Waals surface area (Å²) in [5.41, 5.74) is 0. The van der Waals surface area contributed by atoms with Gasteiger partial charge in [-0.1, -0.05) is 13.8 Å². The first-order valence-electron chi connectivity index (χ1n) is 7.91. The topological polar surface area (TPSA) is 35.6 Å². The molecule has 1 heterocycles. The zero-order valence-corrected chi connectivity index (χ0v) is 13.0. The fraction of sp³-hybridized carbons (Fsp3) is 0.933. The lowest BCUT2D eigenvalue weighted by atomic mass is 10.0. The van der Waals surface area contributed by atoms with Crippen molar-refractivity contribution in [1.29, 1.82) is 0 Å². The minimum Gasteiger partial charge on any atom is -0.339 e. The van der Waals surface area contributed by atoms with Gasteiger partial charge >= 0.3 is 0 Å². The van der Waals surface area contributed by atoms with E-state index in [1.807, 2.05) is 4.90 Å². The van der Waals surface area contributed by atoms with Crippen LogP contribution < -0.4 is 5.32 Å². The van der Waals surface area contributed by atoms with Gasteiger partial charge in [0.15, 0.2) is 0 Å². The number of rotatable bonds is 8. The highest BCUT2D eigenvalue weighted by Crippen LogP contribution is 2.15. The van der Waals surface area contributed by atoms with E-state index < -0.39 is 0 Å². The number of likely N-dealkylation sites (tertiary alicyclic amines) is 1. The van der Waals surface area contributed by atoms with Gasteiger partial charge in [-0.2, -0.15) is 0 Å². The summed E-state index contributed by atoms with van der Waals surface area (Å²) in [4.78, 5) is 16.5. The number of amides is 1. The van der Waals surface area contributed by atoms with Crippen LogP contribution in [0.15, 0.2) is 0 Å². The lowest BCUT2D eigenvalue weighted by Gasteiger charge is -2.33. The van der Waals surface area contributed by atoms with E-state index in [0.29, 0.717) is 12.6 Å². The molecule has 1 saturated heterocycles. The Kier molecular flexibility index (Phi) is 8.07. The highest BCUT2D eigenvalue weighted by molar-refractivity contribution is 5.78. The lowest BCUT2D eigenvalue weighted by Crippen LogP contribution is -2.46. The molecule has 1 amide bonds. The van der Waals surface area contributed by atoms with Gasteiger partial charge in [-0.3, -0.25) is 4.79 Å². The first kappa shape index (κ1) is 16.4. The molecule has 0 aromatic carbocycles. The molecule has 4 nitrogen and oxygen atoms in total. The van der Waals surface area contributed by atoms with Gasteiger partial charge in [0.05, 0.1) is 6.54 Å². The molecule has 0 radical (unpaired) electrons. The molecule has 1 N–H and O–H groups in total. The molecule has 1 aliphatic rings. The predicted octanol–water partition coefficient (Wildman–Crippen LogP) is 1.71. The molecular weight excluding hydrogens is 238 g/mol. The summed E-state index contributed by atoms with van der Waals surface area (Å²) in [5, 5.41) is 3.29. The van der Waals surface area contributed by atoms with Crippen LogP contribution in [0, 0.1) is 0 Å². The number of nitrogens with one attached hydrogen (secondary N) is 1. The third kappa shape index (κ3) is 5.91. The van der Waals surface area contributed by atoms with E-state index in [4.69, 9.17) is 0 Å². The summed E-state index contributed by atoms with van der Waals surface area (Å²) in [6.45, 7) is 12.3. The van der Waals surface area contributed by atoms with E-state index in [1.165, 1.54) is 6.42 Å². The SMILES string of the molecule is CCN(CC)CCCNCC(=O)N1CCCC[C@@H]1C. The first-order valence-corrected chi connectivity index (χ1v) is 7.91. The zero-order valence-electron chi connectivity index (χ0n) is 13.0. The molecule has 0 aliphatic carbocycles. The van der Waals surface area contributed by atoms with Crippen molar-refractivity contribution in [3.63, 3.8) is 0 Å². The fourth-order valence-corrected chi connectivity index (χ4v) is 2.73. The largest absolute Gasteiger partial charge is 0.339 e. The standard InChI is InChI=1S/C15H31N3O/c1-4-17(5-2)11-8-10-16-13-15(19)18-12-7-6-9-14(18)3/h14,16H,4-13H2,1-3H3/t14-/m0/s1. The Balaban J connectivity index is 2.10. The first-order chi connectivity index (χ1) is 9.19. The second kappa shape index (κ2) is 9.32. The van der Waals surface area contributed by atoms with Gasteiger partial charge in [-0.05, 0) is 58.8 Å². The van der Waals surface area contributed by atoms with Gasteiger partial charge in [0.2, 0.25) is 5.91 Å². The van der Waals surface area contributed by atoms with Crippen molar-refractivity contribution in [2.24, 2.45) is 0 Å². The molecule has 1 aliphatic heterocycles. The lowest BCUT2D eigenvalue weighted by molar-refractivity contribution is -0.133. The Morgan fingerprint density at radius 2 is 2.05 bits per heavy atom. The minimum atomic E-state index is 0.273. The average Bonchev–Trinajstić information content (AvgIpc) is 2.43. The second-order valence-corrected chi connectivity index (χ2v) is 5.49. The van der Waals surface area contributed by atoms with Gasteiger partial charge in [-0.25, -0.2) is 0 Å². The fourth-order valence-electron chi connectivity index (χ4n) is 2.73. The van der Waals surface area contributed by atoms with Crippen molar-refractivity contribution >= 4 is 5.91 Å². The molecule has 1 fully saturated rings. The van der Waals surface area contributed by atoms with E-state index in [9.17, 15) is 4.79 Å².